The van der Waals surface area contributed by atoms with Crippen LogP contribution in [-0.4, -0.2) is 24.8 Å². The Bertz CT molecular complexity index is 342. The molecule has 1 saturated heterocycles. The van der Waals surface area contributed by atoms with Gasteiger partial charge in [-0.05, 0) is 24.3 Å². The Hall–Kier alpha value is -1.20. The molecule has 1 aliphatic rings. The zero-order valence-electron chi connectivity index (χ0n) is 8.18. The maximum atomic E-state index is 11.4. The minimum Gasteiger partial charge on any atom is -0.368 e. The molecule has 2 heterocycles. The largest absolute Gasteiger partial charge is 0.368 e. The van der Waals surface area contributed by atoms with Gasteiger partial charge >= 0.3 is 0 Å². The van der Waals surface area contributed by atoms with Crippen LogP contribution in [0.25, 0.3) is 0 Å². The number of amides is 1. The minimum atomic E-state index is -0.314. The van der Waals surface area contributed by atoms with Crippen LogP contribution >= 0.6 is 11.3 Å². The predicted octanol–water partition coefficient (Wildman–Crippen LogP) is 1.38. The van der Waals surface area contributed by atoms with Gasteiger partial charge in [0.2, 0.25) is 0 Å². The molecule has 0 unspecified atom stereocenters. The number of ether oxygens (including phenoxy) is 1. The molecule has 0 radical (unpaired) electrons. The van der Waals surface area contributed by atoms with E-state index in [1.165, 1.54) is 0 Å². The molecule has 80 valence electrons. The molecule has 15 heavy (non-hydrogen) atoms. The number of carbonyl (C=O) groups excluding carboxylic acids is 1. The molecule has 1 amide bonds. The fourth-order valence-electron chi connectivity index (χ4n) is 1.38. The maximum absolute atomic E-state index is 11.4. The normalized spacial score (nSPS) is 20.9. The molecule has 0 aromatic carbocycles. The van der Waals surface area contributed by atoms with Gasteiger partial charge in [0.25, 0.3) is 5.91 Å². The van der Waals surface area contributed by atoms with E-state index in [-0.39, 0.29) is 12.0 Å². The molecule has 0 spiro atoms. The van der Waals surface area contributed by atoms with Crippen molar-refractivity contribution in [1.82, 2.24) is 5.43 Å². The summed E-state index contributed by atoms with van der Waals surface area (Å²) in [5.41, 5.74) is 2.48. The van der Waals surface area contributed by atoms with Gasteiger partial charge in [0.1, 0.15) is 6.10 Å². The van der Waals surface area contributed by atoms with Crippen molar-refractivity contribution >= 4 is 23.5 Å². The average molecular weight is 224 g/mol. The summed E-state index contributed by atoms with van der Waals surface area (Å²) in [4.78, 5) is 12.4. The Morgan fingerprint density at radius 3 is 3.33 bits per heavy atom. The Kier molecular flexibility index (Phi) is 3.47. The number of hydrogen-bond acceptors (Lipinski definition) is 4. The van der Waals surface area contributed by atoms with Crippen LogP contribution in [0.2, 0.25) is 0 Å². The lowest BCUT2D eigenvalue weighted by molar-refractivity contribution is -0.130. The molecule has 0 aliphatic carbocycles. The van der Waals surface area contributed by atoms with E-state index in [1.807, 2.05) is 17.5 Å². The molecular formula is C10H12N2O2S. The van der Waals surface area contributed by atoms with Crippen LogP contribution in [0.15, 0.2) is 22.6 Å². The highest BCUT2D eigenvalue weighted by Crippen LogP contribution is 2.11. The molecule has 2 rings (SSSR count). The highest BCUT2D eigenvalue weighted by Gasteiger charge is 2.22. The topological polar surface area (TPSA) is 50.7 Å². The van der Waals surface area contributed by atoms with Crippen LogP contribution in [0.4, 0.5) is 0 Å². The lowest BCUT2D eigenvalue weighted by Gasteiger charge is -2.05. The molecule has 1 aromatic heterocycles. The van der Waals surface area contributed by atoms with E-state index < -0.39 is 0 Å². The van der Waals surface area contributed by atoms with Crippen LogP contribution in [-0.2, 0) is 9.53 Å². The lowest BCUT2D eigenvalue weighted by Crippen LogP contribution is -2.30. The van der Waals surface area contributed by atoms with E-state index in [0.717, 1.165) is 17.7 Å². The van der Waals surface area contributed by atoms with E-state index in [1.54, 1.807) is 17.6 Å². The summed E-state index contributed by atoms with van der Waals surface area (Å²) in [6, 6.07) is 3.88. The van der Waals surface area contributed by atoms with Crippen LogP contribution in [0.3, 0.4) is 0 Å². The van der Waals surface area contributed by atoms with Gasteiger partial charge in [0.05, 0.1) is 6.21 Å². The molecule has 1 aromatic rings. The van der Waals surface area contributed by atoms with Crippen molar-refractivity contribution in [3.63, 3.8) is 0 Å². The van der Waals surface area contributed by atoms with Crippen LogP contribution in [0.5, 0.6) is 0 Å². The fraction of sp³-hybridized carbons (Fsp3) is 0.400. The third-order valence-electron chi connectivity index (χ3n) is 2.13. The zero-order chi connectivity index (χ0) is 10.5. The second kappa shape index (κ2) is 5.04. The van der Waals surface area contributed by atoms with Gasteiger partial charge in [-0.25, -0.2) is 5.43 Å². The Labute approximate surface area is 91.9 Å². The van der Waals surface area contributed by atoms with E-state index in [0.29, 0.717) is 6.61 Å². The minimum absolute atomic E-state index is 0.152. The first-order valence-electron chi connectivity index (χ1n) is 4.84. The third kappa shape index (κ3) is 2.87. The highest BCUT2D eigenvalue weighted by molar-refractivity contribution is 7.11. The SMILES string of the molecule is O=C(N/N=C/c1cccs1)[C@@H]1CCCO1. The summed E-state index contributed by atoms with van der Waals surface area (Å²) in [6.07, 6.45) is 3.07. The molecule has 4 nitrogen and oxygen atoms in total. The summed E-state index contributed by atoms with van der Waals surface area (Å²) >= 11 is 1.57. The van der Waals surface area contributed by atoms with Gasteiger partial charge in [-0.1, -0.05) is 6.07 Å². The first-order valence-corrected chi connectivity index (χ1v) is 5.72. The summed E-state index contributed by atoms with van der Waals surface area (Å²) in [7, 11) is 0. The van der Waals surface area contributed by atoms with Crippen molar-refractivity contribution in [2.45, 2.75) is 18.9 Å². The summed E-state index contributed by atoms with van der Waals surface area (Å²) in [5.74, 6) is -0.152. The number of nitrogens with one attached hydrogen (secondary N) is 1. The smallest absolute Gasteiger partial charge is 0.269 e. The number of rotatable bonds is 3. The number of carbonyl (C=O) groups is 1. The first-order chi connectivity index (χ1) is 7.36. The standard InChI is InChI=1S/C10H12N2O2S/c13-10(9-4-1-5-14-9)12-11-7-8-3-2-6-15-8/h2-3,6-7,9H,1,4-5H2,(H,12,13)/b11-7+/t9-/m0/s1. The number of hydrogen-bond donors (Lipinski definition) is 1. The summed E-state index contributed by atoms with van der Waals surface area (Å²) < 4.78 is 5.22. The number of thiophene rings is 1. The molecule has 0 saturated carbocycles. The Balaban J connectivity index is 1.80. The molecule has 0 bridgehead atoms. The van der Waals surface area contributed by atoms with Crippen molar-refractivity contribution in [1.29, 1.82) is 0 Å². The van der Waals surface area contributed by atoms with Gasteiger partial charge in [-0.3, -0.25) is 4.79 Å². The maximum Gasteiger partial charge on any atom is 0.269 e. The second-order valence-electron chi connectivity index (χ2n) is 3.25. The van der Waals surface area contributed by atoms with Crippen molar-refractivity contribution in [2.75, 3.05) is 6.61 Å². The number of nitrogens with zero attached hydrogens (tertiary/aromatic N) is 1. The molecule has 1 fully saturated rings. The van der Waals surface area contributed by atoms with Gasteiger partial charge in [0.15, 0.2) is 0 Å². The van der Waals surface area contributed by atoms with Crippen molar-refractivity contribution < 1.29 is 9.53 Å². The zero-order valence-corrected chi connectivity index (χ0v) is 9.00. The van der Waals surface area contributed by atoms with Crippen LogP contribution < -0.4 is 5.43 Å². The predicted molar refractivity (Wildman–Crippen MR) is 59.0 cm³/mol. The van der Waals surface area contributed by atoms with Crippen LogP contribution in [0.1, 0.15) is 17.7 Å². The molecule has 5 heteroatoms. The molecular weight excluding hydrogens is 212 g/mol. The number of hydrazone groups is 1. The van der Waals surface area contributed by atoms with Gasteiger partial charge < -0.3 is 4.74 Å². The van der Waals surface area contributed by atoms with Crippen molar-refractivity contribution in [3.05, 3.63) is 22.4 Å². The highest BCUT2D eigenvalue weighted by atomic mass is 32.1. The van der Waals surface area contributed by atoms with Crippen molar-refractivity contribution in [3.8, 4) is 0 Å². The summed E-state index contributed by atoms with van der Waals surface area (Å²) in [6.45, 7) is 0.673. The van der Waals surface area contributed by atoms with Crippen molar-refractivity contribution in [2.24, 2.45) is 5.10 Å². The van der Waals surface area contributed by atoms with E-state index >= 15 is 0 Å². The van der Waals surface area contributed by atoms with Crippen LogP contribution in [0, 0.1) is 0 Å². The first kappa shape index (κ1) is 10.3. The Morgan fingerprint density at radius 1 is 1.73 bits per heavy atom. The van der Waals surface area contributed by atoms with E-state index in [4.69, 9.17) is 4.74 Å². The molecule has 1 aliphatic heterocycles. The molecule has 1 N–H and O–H groups in total. The lowest BCUT2D eigenvalue weighted by atomic mass is 10.2. The van der Waals surface area contributed by atoms with E-state index in [9.17, 15) is 4.79 Å². The third-order valence-corrected chi connectivity index (χ3v) is 2.94. The van der Waals surface area contributed by atoms with Gasteiger partial charge in [-0.2, -0.15) is 5.10 Å². The second-order valence-corrected chi connectivity index (χ2v) is 4.23. The Morgan fingerprint density at radius 2 is 2.67 bits per heavy atom. The fourth-order valence-corrected chi connectivity index (χ4v) is 1.97. The quantitative estimate of drug-likeness (QED) is 0.623. The monoisotopic (exact) mass is 224 g/mol. The summed E-state index contributed by atoms with van der Waals surface area (Å²) in [5, 5.41) is 5.83. The van der Waals surface area contributed by atoms with Gasteiger partial charge in [-0.15, -0.1) is 11.3 Å². The average Bonchev–Trinajstić information content (AvgIpc) is 2.90. The molecule has 1 atom stereocenters. The van der Waals surface area contributed by atoms with E-state index in [2.05, 4.69) is 10.5 Å². The van der Waals surface area contributed by atoms with Gasteiger partial charge in [0, 0.05) is 11.5 Å².